The highest BCUT2D eigenvalue weighted by atomic mass is 32.2. The molecule has 1 fully saturated rings. The number of benzene rings is 1. The molecular weight excluding hydrogens is 368 g/mol. The molecule has 8 nitrogen and oxygen atoms in total. The van der Waals surface area contributed by atoms with Crippen molar-refractivity contribution in [1.82, 2.24) is 15.3 Å². The van der Waals surface area contributed by atoms with Gasteiger partial charge in [0.1, 0.15) is 11.4 Å². The highest BCUT2D eigenvalue weighted by Gasteiger charge is 2.29. The van der Waals surface area contributed by atoms with E-state index in [0.717, 1.165) is 11.4 Å². The molecule has 2 N–H and O–H groups in total. The number of carbonyl (C=O) groups is 1. The second-order valence-corrected chi connectivity index (χ2v) is 8.60. The number of ether oxygens (including phenoxy) is 1. The molecule has 2 aromatic rings. The molecule has 1 amide bonds. The lowest BCUT2D eigenvalue weighted by Gasteiger charge is -2.12. The molecule has 1 aliphatic rings. The number of nitrogens with one attached hydrogen (secondary N) is 2. The van der Waals surface area contributed by atoms with Crippen LogP contribution in [-0.4, -0.2) is 48.4 Å². The lowest BCUT2D eigenvalue weighted by atomic mass is 10.2. The van der Waals surface area contributed by atoms with Gasteiger partial charge in [-0.2, -0.15) is 0 Å². The first-order valence-corrected chi connectivity index (χ1v) is 10.5. The van der Waals surface area contributed by atoms with E-state index >= 15 is 0 Å². The molecule has 0 radical (unpaired) electrons. The summed E-state index contributed by atoms with van der Waals surface area (Å²) in [5, 5.41) is 5.80. The summed E-state index contributed by atoms with van der Waals surface area (Å²) in [6.45, 7) is 4.27. The van der Waals surface area contributed by atoms with Crippen molar-refractivity contribution in [3.05, 3.63) is 41.7 Å². The van der Waals surface area contributed by atoms with Gasteiger partial charge >= 0.3 is 0 Å². The summed E-state index contributed by atoms with van der Waals surface area (Å²) in [6.07, 6.45) is 0.426. The van der Waals surface area contributed by atoms with Crippen LogP contribution in [0, 0.1) is 6.92 Å². The molecule has 1 aromatic carbocycles. The van der Waals surface area contributed by atoms with Crippen molar-refractivity contribution in [1.29, 1.82) is 0 Å². The first kappa shape index (κ1) is 19.1. The average Bonchev–Trinajstić information content (AvgIpc) is 2.95. The van der Waals surface area contributed by atoms with Crippen LogP contribution in [0.25, 0.3) is 0 Å². The summed E-state index contributed by atoms with van der Waals surface area (Å²) >= 11 is 0. The smallest absolute Gasteiger partial charge is 0.270 e. The topological polar surface area (TPSA) is 110 Å². The first-order chi connectivity index (χ1) is 12.8. The molecule has 1 aliphatic heterocycles. The number of carbonyl (C=O) groups excluding carboxylic acids is 1. The summed E-state index contributed by atoms with van der Waals surface area (Å²) in [5.41, 5.74) is 1.58. The van der Waals surface area contributed by atoms with Crippen LogP contribution in [0.2, 0.25) is 0 Å². The van der Waals surface area contributed by atoms with Crippen LogP contribution in [0.5, 0.6) is 5.75 Å². The Balaban J connectivity index is 1.71. The van der Waals surface area contributed by atoms with E-state index in [1.807, 2.05) is 31.2 Å². The van der Waals surface area contributed by atoms with Gasteiger partial charge < -0.3 is 15.4 Å². The van der Waals surface area contributed by atoms with E-state index in [9.17, 15) is 13.2 Å². The maximum absolute atomic E-state index is 12.4. The van der Waals surface area contributed by atoms with E-state index in [1.54, 1.807) is 13.0 Å². The third kappa shape index (κ3) is 5.16. The maximum Gasteiger partial charge on any atom is 0.270 e. The largest absolute Gasteiger partial charge is 0.494 e. The molecule has 3 rings (SSSR count). The molecule has 0 spiro atoms. The Bertz CT molecular complexity index is 929. The lowest BCUT2D eigenvalue weighted by molar-refractivity contribution is 0.0936. The van der Waals surface area contributed by atoms with Crippen LogP contribution in [-0.2, 0) is 9.84 Å². The van der Waals surface area contributed by atoms with E-state index in [2.05, 4.69) is 20.6 Å². The van der Waals surface area contributed by atoms with Crippen molar-refractivity contribution >= 4 is 27.4 Å². The predicted octanol–water partition coefficient (Wildman–Crippen LogP) is 1.84. The van der Waals surface area contributed by atoms with Gasteiger partial charge in [0.2, 0.25) is 5.95 Å². The number of nitrogens with zero attached hydrogens (tertiary/aromatic N) is 2. The highest BCUT2D eigenvalue weighted by Crippen LogP contribution is 2.19. The molecule has 1 unspecified atom stereocenters. The zero-order valence-corrected chi connectivity index (χ0v) is 16.0. The monoisotopic (exact) mass is 390 g/mol. The minimum absolute atomic E-state index is 0.0277. The van der Waals surface area contributed by atoms with Crippen molar-refractivity contribution in [2.75, 3.05) is 23.4 Å². The Kier molecular flexibility index (Phi) is 5.59. The molecule has 0 saturated carbocycles. The SMILES string of the molecule is CCOc1ccc(Nc2nc(C)cc(C(=O)NC3CCS(=O)(=O)C3)n2)cc1. The summed E-state index contributed by atoms with van der Waals surface area (Å²) in [6, 6.07) is 8.52. The van der Waals surface area contributed by atoms with Crippen molar-refractivity contribution in [3.63, 3.8) is 0 Å². The number of aryl methyl sites for hydroxylation is 1. The zero-order chi connectivity index (χ0) is 19.4. The number of hydrogen-bond acceptors (Lipinski definition) is 7. The third-order valence-electron chi connectivity index (χ3n) is 4.08. The highest BCUT2D eigenvalue weighted by molar-refractivity contribution is 7.91. The van der Waals surface area contributed by atoms with Crippen LogP contribution in [0.3, 0.4) is 0 Å². The Morgan fingerprint density at radius 2 is 2.00 bits per heavy atom. The Morgan fingerprint density at radius 3 is 2.63 bits per heavy atom. The fourth-order valence-electron chi connectivity index (χ4n) is 2.84. The van der Waals surface area contributed by atoms with Crippen molar-refractivity contribution < 1.29 is 17.9 Å². The van der Waals surface area contributed by atoms with E-state index in [1.165, 1.54) is 0 Å². The van der Waals surface area contributed by atoms with E-state index in [-0.39, 0.29) is 23.2 Å². The molecule has 1 saturated heterocycles. The van der Waals surface area contributed by atoms with Gasteiger partial charge in [0, 0.05) is 17.4 Å². The fraction of sp³-hybridized carbons (Fsp3) is 0.389. The normalized spacial score (nSPS) is 18.1. The van der Waals surface area contributed by atoms with Crippen LogP contribution >= 0.6 is 0 Å². The van der Waals surface area contributed by atoms with Gasteiger partial charge in [-0.1, -0.05) is 0 Å². The number of amides is 1. The number of hydrogen-bond donors (Lipinski definition) is 2. The van der Waals surface area contributed by atoms with Crippen molar-refractivity contribution in [3.8, 4) is 5.75 Å². The number of aromatic nitrogens is 2. The molecule has 1 aromatic heterocycles. The van der Waals surface area contributed by atoms with Crippen LogP contribution in [0.15, 0.2) is 30.3 Å². The summed E-state index contributed by atoms with van der Waals surface area (Å²) < 4.78 is 28.5. The van der Waals surface area contributed by atoms with Crippen molar-refractivity contribution in [2.24, 2.45) is 0 Å². The van der Waals surface area contributed by atoms with Gasteiger partial charge in [0.25, 0.3) is 5.91 Å². The van der Waals surface area contributed by atoms with E-state index in [0.29, 0.717) is 24.7 Å². The number of anilines is 2. The quantitative estimate of drug-likeness (QED) is 0.774. The lowest BCUT2D eigenvalue weighted by Crippen LogP contribution is -2.36. The second-order valence-electron chi connectivity index (χ2n) is 6.37. The number of rotatable bonds is 6. The second kappa shape index (κ2) is 7.91. The van der Waals surface area contributed by atoms with E-state index in [4.69, 9.17) is 4.74 Å². The molecule has 9 heteroatoms. The van der Waals surface area contributed by atoms with Gasteiger partial charge in [-0.05, 0) is 50.6 Å². The minimum Gasteiger partial charge on any atom is -0.494 e. The Hall–Kier alpha value is -2.68. The van der Waals surface area contributed by atoms with Gasteiger partial charge in [-0.15, -0.1) is 0 Å². The number of sulfone groups is 1. The molecule has 144 valence electrons. The van der Waals surface area contributed by atoms with Gasteiger partial charge in [-0.25, -0.2) is 18.4 Å². The summed E-state index contributed by atoms with van der Waals surface area (Å²) in [7, 11) is -3.06. The zero-order valence-electron chi connectivity index (χ0n) is 15.2. The van der Waals surface area contributed by atoms with Crippen molar-refractivity contribution in [2.45, 2.75) is 26.3 Å². The minimum atomic E-state index is -3.06. The third-order valence-corrected chi connectivity index (χ3v) is 5.84. The molecule has 27 heavy (non-hydrogen) atoms. The standard InChI is InChI=1S/C18H22N4O4S/c1-3-26-15-6-4-13(5-7-15)21-18-19-12(2)10-16(22-18)17(23)20-14-8-9-27(24,25)11-14/h4-7,10,14H,3,8-9,11H2,1-2H3,(H,20,23)(H,19,21,22). The average molecular weight is 390 g/mol. The predicted molar refractivity (Wildman–Crippen MR) is 102 cm³/mol. The molecule has 1 atom stereocenters. The Labute approximate surface area is 158 Å². The molecule has 0 bridgehead atoms. The molecular formula is C18H22N4O4S. The van der Waals surface area contributed by atoms with Crippen LogP contribution < -0.4 is 15.4 Å². The summed E-state index contributed by atoms with van der Waals surface area (Å²) in [5.74, 6) is 0.728. The Morgan fingerprint density at radius 1 is 1.26 bits per heavy atom. The van der Waals surface area contributed by atoms with Gasteiger partial charge in [0.05, 0.1) is 18.1 Å². The van der Waals surface area contributed by atoms with Crippen LogP contribution in [0.1, 0.15) is 29.5 Å². The van der Waals surface area contributed by atoms with E-state index < -0.39 is 15.7 Å². The molecule has 0 aliphatic carbocycles. The fourth-order valence-corrected chi connectivity index (χ4v) is 4.51. The van der Waals surface area contributed by atoms with Gasteiger partial charge in [0.15, 0.2) is 9.84 Å². The molecule has 2 heterocycles. The maximum atomic E-state index is 12.4. The first-order valence-electron chi connectivity index (χ1n) is 8.71. The summed E-state index contributed by atoms with van der Waals surface area (Å²) in [4.78, 5) is 21.0. The van der Waals surface area contributed by atoms with Gasteiger partial charge in [-0.3, -0.25) is 4.79 Å². The van der Waals surface area contributed by atoms with Crippen LogP contribution in [0.4, 0.5) is 11.6 Å².